The number of amides is 1. The maximum Gasteiger partial charge on any atom is 0.239 e. The van der Waals surface area contributed by atoms with Gasteiger partial charge < -0.3 is 10.5 Å². The number of halogens is 2. The molecule has 1 aromatic rings. The van der Waals surface area contributed by atoms with Gasteiger partial charge in [0.05, 0.1) is 6.61 Å². The lowest BCUT2D eigenvalue weighted by molar-refractivity contribution is -0.120. The van der Waals surface area contributed by atoms with Gasteiger partial charge in [0.15, 0.2) is 0 Å². The largest absolute Gasteiger partial charge is 0.383 e. The summed E-state index contributed by atoms with van der Waals surface area (Å²) < 4.78 is 18.3. The van der Waals surface area contributed by atoms with Crippen molar-refractivity contribution in [3.8, 4) is 0 Å². The van der Waals surface area contributed by atoms with Gasteiger partial charge in [0.1, 0.15) is 11.9 Å². The molecular weight excluding hydrogens is 291 g/mol. The van der Waals surface area contributed by atoms with Crippen molar-refractivity contribution >= 4 is 21.8 Å². The van der Waals surface area contributed by atoms with Crippen molar-refractivity contribution in [1.29, 1.82) is 0 Å². The van der Waals surface area contributed by atoms with Crippen LogP contribution in [0.15, 0.2) is 22.7 Å². The fourth-order valence-electron chi connectivity index (χ4n) is 1.40. The van der Waals surface area contributed by atoms with Gasteiger partial charge in [-0.1, -0.05) is 22.0 Å². The molecule has 0 bridgehead atoms. The Hall–Kier alpha value is -0.980. The molecule has 1 amide bonds. The number of hydrogen-bond acceptors (Lipinski definition) is 3. The molecule has 0 fully saturated rings. The van der Waals surface area contributed by atoms with E-state index in [2.05, 4.69) is 21.2 Å². The first-order valence-corrected chi connectivity index (χ1v) is 5.82. The van der Waals surface area contributed by atoms with Crippen molar-refractivity contribution in [2.24, 2.45) is 5.73 Å². The molecule has 17 heavy (non-hydrogen) atoms. The summed E-state index contributed by atoms with van der Waals surface area (Å²) in [6, 6.07) is 3.44. The molecule has 0 aliphatic carbocycles. The van der Waals surface area contributed by atoms with Gasteiger partial charge >= 0.3 is 0 Å². The number of benzene rings is 1. The summed E-state index contributed by atoms with van der Waals surface area (Å²) in [5, 5.41) is 2.94. The Labute approximate surface area is 107 Å². The van der Waals surface area contributed by atoms with Gasteiger partial charge in [-0.15, -0.1) is 0 Å². The Balaban J connectivity index is 2.86. The third-order valence-electron chi connectivity index (χ3n) is 2.21. The van der Waals surface area contributed by atoms with Crippen molar-refractivity contribution in [3.05, 3.63) is 34.1 Å². The summed E-state index contributed by atoms with van der Waals surface area (Å²) in [6.45, 7) is 0.941. The van der Waals surface area contributed by atoms with E-state index in [-0.39, 0.29) is 5.82 Å². The maximum absolute atomic E-state index is 12.9. The highest BCUT2D eigenvalue weighted by Gasteiger charge is 2.19. The molecule has 0 saturated heterocycles. The molecule has 6 heteroatoms. The van der Waals surface area contributed by atoms with Crippen molar-refractivity contribution < 1.29 is 13.9 Å². The first-order valence-electron chi connectivity index (χ1n) is 5.03. The summed E-state index contributed by atoms with van der Waals surface area (Å²) in [5.74, 6) is -0.894. The van der Waals surface area contributed by atoms with Gasteiger partial charge in [0, 0.05) is 18.1 Å². The van der Waals surface area contributed by atoms with E-state index >= 15 is 0 Å². The number of methoxy groups -OCH3 is 1. The monoisotopic (exact) mass is 304 g/mol. The van der Waals surface area contributed by atoms with Crippen LogP contribution in [-0.4, -0.2) is 26.2 Å². The van der Waals surface area contributed by atoms with Gasteiger partial charge in [-0.2, -0.15) is 0 Å². The lowest BCUT2D eigenvalue weighted by Gasteiger charge is -2.17. The summed E-state index contributed by atoms with van der Waals surface area (Å²) in [7, 11) is 1.56. The highest BCUT2D eigenvalue weighted by molar-refractivity contribution is 9.10. The zero-order chi connectivity index (χ0) is 12.8. The Kier molecular flexibility index (Phi) is 5.54. The van der Waals surface area contributed by atoms with E-state index < -0.39 is 11.9 Å². The molecule has 0 radical (unpaired) electrons. The van der Waals surface area contributed by atoms with Crippen LogP contribution in [0, 0.1) is 5.82 Å². The van der Waals surface area contributed by atoms with Crippen LogP contribution in [0.5, 0.6) is 0 Å². The number of hydrogen-bond donors (Lipinski definition) is 2. The zero-order valence-corrected chi connectivity index (χ0v) is 11.0. The molecule has 3 N–H and O–H groups in total. The van der Waals surface area contributed by atoms with E-state index in [1.54, 1.807) is 7.11 Å². The van der Waals surface area contributed by atoms with Crippen molar-refractivity contribution in [3.63, 3.8) is 0 Å². The van der Waals surface area contributed by atoms with Crippen LogP contribution in [0.2, 0.25) is 0 Å². The van der Waals surface area contributed by atoms with E-state index in [4.69, 9.17) is 10.5 Å². The molecule has 0 aliphatic heterocycles. The van der Waals surface area contributed by atoms with E-state index in [0.717, 1.165) is 0 Å². The number of carbonyl (C=O) groups is 1. The molecule has 0 spiro atoms. The molecule has 1 unspecified atom stereocenters. The van der Waals surface area contributed by atoms with Gasteiger partial charge in [-0.05, 0) is 17.7 Å². The van der Waals surface area contributed by atoms with E-state index in [1.165, 1.54) is 18.2 Å². The number of nitrogens with one attached hydrogen (secondary N) is 1. The number of nitrogens with two attached hydrogens (primary N) is 1. The quantitative estimate of drug-likeness (QED) is 0.780. The molecule has 0 aliphatic rings. The normalized spacial score (nSPS) is 12.4. The average molecular weight is 305 g/mol. The summed E-state index contributed by atoms with van der Waals surface area (Å²) >= 11 is 3.21. The topological polar surface area (TPSA) is 64.3 Å². The van der Waals surface area contributed by atoms with Gasteiger partial charge in [-0.3, -0.25) is 10.1 Å². The summed E-state index contributed by atoms with van der Waals surface area (Å²) in [4.78, 5) is 11.3. The molecule has 0 heterocycles. The molecular formula is C11H14BrFN2O2. The van der Waals surface area contributed by atoms with Gasteiger partial charge in [0.25, 0.3) is 0 Å². The highest BCUT2D eigenvalue weighted by Crippen LogP contribution is 2.24. The minimum absolute atomic E-state index is 0.374. The van der Waals surface area contributed by atoms with E-state index in [9.17, 15) is 9.18 Å². The first-order chi connectivity index (χ1) is 8.06. The Morgan fingerprint density at radius 2 is 2.35 bits per heavy atom. The van der Waals surface area contributed by atoms with E-state index in [1.807, 2.05) is 0 Å². The smallest absolute Gasteiger partial charge is 0.239 e. The third kappa shape index (κ3) is 4.07. The molecule has 0 aromatic heterocycles. The number of ether oxygens (including phenoxy) is 1. The average Bonchev–Trinajstić information content (AvgIpc) is 2.25. The first kappa shape index (κ1) is 14.1. The predicted molar refractivity (Wildman–Crippen MR) is 65.9 cm³/mol. The molecule has 1 atom stereocenters. The predicted octanol–water partition coefficient (Wildman–Crippen LogP) is 1.35. The standard InChI is InChI=1S/C11H14BrFN2O2/c1-17-5-4-15-10(11(14)16)8-3-2-7(13)6-9(8)12/h2-3,6,10,15H,4-5H2,1H3,(H2,14,16). The van der Waals surface area contributed by atoms with Gasteiger partial charge in [-0.25, -0.2) is 4.39 Å². The van der Waals surface area contributed by atoms with Crippen LogP contribution in [0.4, 0.5) is 4.39 Å². The summed E-state index contributed by atoms with van der Waals surface area (Å²) in [6.07, 6.45) is 0. The zero-order valence-electron chi connectivity index (χ0n) is 9.37. The third-order valence-corrected chi connectivity index (χ3v) is 2.90. The minimum Gasteiger partial charge on any atom is -0.383 e. The number of primary amides is 1. The number of carbonyl (C=O) groups excluding carboxylic acids is 1. The van der Waals surface area contributed by atoms with Crippen molar-refractivity contribution in [2.45, 2.75) is 6.04 Å². The Morgan fingerprint density at radius 1 is 1.65 bits per heavy atom. The highest BCUT2D eigenvalue weighted by atomic mass is 79.9. The van der Waals surface area contributed by atoms with Crippen LogP contribution in [-0.2, 0) is 9.53 Å². The second-order valence-corrected chi connectivity index (χ2v) is 4.30. The van der Waals surface area contributed by atoms with Crippen LogP contribution in [0.25, 0.3) is 0 Å². The van der Waals surface area contributed by atoms with Crippen molar-refractivity contribution in [1.82, 2.24) is 5.32 Å². The lowest BCUT2D eigenvalue weighted by atomic mass is 10.1. The molecule has 0 saturated carbocycles. The van der Waals surface area contributed by atoms with Crippen LogP contribution < -0.4 is 11.1 Å². The molecule has 1 aromatic carbocycles. The maximum atomic E-state index is 12.9. The van der Waals surface area contributed by atoms with E-state index in [0.29, 0.717) is 23.2 Å². The number of rotatable bonds is 6. The minimum atomic E-state index is -0.667. The van der Waals surface area contributed by atoms with Crippen LogP contribution in [0.3, 0.4) is 0 Å². The molecule has 1 rings (SSSR count). The molecule has 94 valence electrons. The second kappa shape index (κ2) is 6.68. The summed E-state index contributed by atoms with van der Waals surface area (Å²) in [5.41, 5.74) is 5.91. The van der Waals surface area contributed by atoms with Crippen LogP contribution >= 0.6 is 15.9 Å². The van der Waals surface area contributed by atoms with Gasteiger partial charge in [0.2, 0.25) is 5.91 Å². The molecule has 4 nitrogen and oxygen atoms in total. The Bertz CT molecular complexity index is 401. The second-order valence-electron chi connectivity index (χ2n) is 3.45. The van der Waals surface area contributed by atoms with Crippen molar-refractivity contribution in [2.75, 3.05) is 20.3 Å². The SMILES string of the molecule is COCCNC(C(N)=O)c1ccc(F)cc1Br. The Morgan fingerprint density at radius 3 is 2.88 bits per heavy atom. The van der Waals surface area contributed by atoms with Crippen LogP contribution in [0.1, 0.15) is 11.6 Å². The fourth-order valence-corrected chi connectivity index (χ4v) is 1.98. The lowest BCUT2D eigenvalue weighted by Crippen LogP contribution is -2.35. The fraction of sp³-hybridized carbons (Fsp3) is 0.364.